The fraction of sp³-hybridized carbons (Fsp3) is 0. The van der Waals surface area contributed by atoms with Gasteiger partial charge >= 0.3 is 205 Å². The molecule has 64 valence electrons. The molecule has 0 saturated heterocycles. The van der Waals surface area contributed by atoms with Crippen molar-refractivity contribution in [2.45, 2.75) is 0 Å². The maximum absolute atomic E-state index is 8.48. The van der Waals surface area contributed by atoms with Crippen LogP contribution in [-0.2, 0) is 58.4 Å². The molecule has 0 spiro atoms. The van der Waals surface area contributed by atoms with Crippen molar-refractivity contribution >= 4 is 164 Å². The van der Waals surface area contributed by atoms with Gasteiger partial charge in [-0.25, -0.2) is 0 Å². The van der Waals surface area contributed by atoms with Crippen molar-refractivity contribution in [2.24, 2.45) is 0 Å². The summed E-state index contributed by atoms with van der Waals surface area (Å²) in [5.41, 5.74) is 0. The Hall–Kier alpha value is 7.20. The van der Waals surface area contributed by atoms with Crippen LogP contribution in [0.5, 0.6) is 0 Å². The van der Waals surface area contributed by atoms with E-state index in [0.29, 0.717) is 0 Å². The van der Waals surface area contributed by atoms with E-state index in [-0.39, 0.29) is 205 Å². The van der Waals surface area contributed by atoms with Crippen LogP contribution < -0.4 is 29.4 Å². The van der Waals surface area contributed by atoms with Crippen LogP contribution in [0.25, 0.3) is 0 Å². The normalized spacial score (nSPS) is 5.14. The Morgan fingerprint density at radius 1 is 0.429 bits per heavy atom. The van der Waals surface area contributed by atoms with Crippen molar-refractivity contribution in [2.75, 3.05) is 0 Å². The van der Waals surface area contributed by atoms with Crippen LogP contribution in [-0.4, -0.2) is 147 Å². The first-order chi connectivity index (χ1) is 3.46. The zero-order valence-electron chi connectivity index (χ0n) is 5.47. The summed E-state index contributed by atoms with van der Waals surface area (Å²) in [6.07, 6.45) is 0. The molecule has 0 aromatic carbocycles. The van der Waals surface area contributed by atoms with Gasteiger partial charge in [-0.3, -0.25) is 0 Å². The molecule has 0 radical (unpaired) electrons. The molecule has 0 saturated carbocycles. The Morgan fingerprint density at radius 3 is 0.429 bits per heavy atom. The first kappa shape index (κ1) is 49.6. The van der Waals surface area contributed by atoms with Gasteiger partial charge in [0.25, 0.3) is 0 Å². The van der Waals surface area contributed by atoms with Crippen molar-refractivity contribution < 1.29 is 87.8 Å². The van der Waals surface area contributed by atoms with Crippen LogP contribution >= 0.6 is 17.2 Å². The molecular formula is H6Ba3O6P2Zn3. The minimum absolute atomic E-state index is 0. The summed E-state index contributed by atoms with van der Waals surface area (Å²) in [5.74, 6) is 0. The van der Waals surface area contributed by atoms with E-state index in [1.807, 2.05) is 0 Å². The maximum Gasteiger partial charge on any atom is 2.00 e. The molecular weight excluding hydrogens is 766 g/mol. The third-order valence-corrected chi connectivity index (χ3v) is 0. The Morgan fingerprint density at radius 2 is 0.429 bits per heavy atom. The van der Waals surface area contributed by atoms with Gasteiger partial charge in [0.15, 0.2) is 0 Å². The van der Waals surface area contributed by atoms with Gasteiger partial charge in [0.1, 0.15) is 0 Å². The fourth-order valence-electron chi connectivity index (χ4n) is 0. The molecule has 0 atom stereocenters. The average molecular weight is 772 g/mol. The van der Waals surface area contributed by atoms with Crippen LogP contribution in [0.15, 0.2) is 0 Å². The topological polar surface area (TPSA) is 138 Å². The number of hydrogen-bond acceptors (Lipinski definition) is 6. The van der Waals surface area contributed by atoms with Gasteiger partial charge in [-0.15, -0.1) is 0 Å². The summed E-state index contributed by atoms with van der Waals surface area (Å²) in [6, 6.07) is 0. The minimum Gasteiger partial charge on any atom is -0.854 e. The van der Waals surface area contributed by atoms with Crippen molar-refractivity contribution in [3.05, 3.63) is 0 Å². The van der Waals surface area contributed by atoms with E-state index in [9.17, 15) is 0 Å². The molecule has 0 aromatic rings. The van der Waals surface area contributed by atoms with Crippen LogP contribution in [0.4, 0.5) is 0 Å². The van der Waals surface area contributed by atoms with Crippen LogP contribution in [0.1, 0.15) is 0 Å². The molecule has 0 aliphatic carbocycles. The fourth-order valence-corrected chi connectivity index (χ4v) is 0. The first-order valence-corrected chi connectivity index (χ1v) is 3.29. The van der Waals surface area contributed by atoms with Crippen molar-refractivity contribution in [1.82, 2.24) is 0 Å². The zero-order chi connectivity index (χ0) is 7.15. The Kier molecular flexibility index (Phi) is 152. The van der Waals surface area contributed by atoms with E-state index in [0.717, 1.165) is 0 Å². The monoisotopic (exact) mass is 769 g/mol. The second-order valence-corrected chi connectivity index (χ2v) is 1.34. The molecule has 0 aliphatic heterocycles. The van der Waals surface area contributed by atoms with E-state index in [4.69, 9.17) is 29.4 Å². The van der Waals surface area contributed by atoms with E-state index < -0.39 is 17.2 Å². The molecule has 0 rings (SSSR count). The zero-order valence-corrected chi connectivity index (χ0v) is 16.2. The van der Waals surface area contributed by atoms with E-state index in [2.05, 4.69) is 0 Å². The van der Waals surface area contributed by atoms with Crippen LogP contribution in [0.2, 0.25) is 0 Å². The molecule has 0 heterocycles. The molecule has 6 nitrogen and oxygen atoms in total. The van der Waals surface area contributed by atoms with Gasteiger partial charge in [-0.05, 0) is 0 Å². The molecule has 0 bridgehead atoms. The third-order valence-electron chi connectivity index (χ3n) is 0. The summed E-state index contributed by atoms with van der Waals surface area (Å²) in [6.45, 7) is 0. The molecule has 14 heteroatoms. The molecule has 0 aromatic heterocycles. The third kappa shape index (κ3) is 123. The quantitative estimate of drug-likeness (QED) is 0.177. The summed E-state index contributed by atoms with van der Waals surface area (Å²) < 4.78 is 0. The summed E-state index contributed by atoms with van der Waals surface area (Å²) >= 11 is 0. The summed E-state index contributed by atoms with van der Waals surface area (Å²) in [4.78, 5) is 50.9. The smallest absolute Gasteiger partial charge is 0.854 e. The van der Waals surface area contributed by atoms with Crippen molar-refractivity contribution in [3.8, 4) is 0 Å². The summed E-state index contributed by atoms with van der Waals surface area (Å²) in [7, 11) is -6.74. The van der Waals surface area contributed by atoms with Gasteiger partial charge in [-0.2, -0.15) is 0 Å². The second-order valence-electron chi connectivity index (χ2n) is 0.447. The van der Waals surface area contributed by atoms with E-state index in [1.54, 1.807) is 0 Å². The Balaban J connectivity index is -0.00000000600. The standard InChI is InChI=1S/3Ba.2O3P.3Zn.6H/c;;;2*1-4(2)3;;;;;;;;;/q;;;2*-3;3*+2;;;;;;. The van der Waals surface area contributed by atoms with Crippen LogP contribution in [0.3, 0.4) is 0 Å². The Labute approximate surface area is 244 Å². The van der Waals surface area contributed by atoms with Gasteiger partial charge in [0.2, 0.25) is 0 Å². The summed E-state index contributed by atoms with van der Waals surface area (Å²) in [5, 5.41) is 0. The first-order valence-electron chi connectivity index (χ1n) is 1.10. The number of rotatable bonds is 0. The van der Waals surface area contributed by atoms with Gasteiger partial charge < -0.3 is 46.6 Å². The molecule has 0 unspecified atom stereocenters. The van der Waals surface area contributed by atoms with Crippen molar-refractivity contribution in [3.63, 3.8) is 0 Å². The number of hydrogen-bond donors (Lipinski definition) is 0. The minimum atomic E-state index is -3.37. The van der Waals surface area contributed by atoms with E-state index >= 15 is 0 Å². The SMILES string of the molecule is [BaH2].[BaH2].[BaH2].[O-]P([O-])[O-].[O-]P([O-])[O-].[Zn+2].[Zn+2].[Zn+2]. The Bertz CT molecular complexity index is 41.8. The van der Waals surface area contributed by atoms with Gasteiger partial charge in [0, 0.05) is 0 Å². The van der Waals surface area contributed by atoms with Crippen LogP contribution in [0, 0.1) is 0 Å². The van der Waals surface area contributed by atoms with Crippen molar-refractivity contribution in [1.29, 1.82) is 0 Å². The predicted molar refractivity (Wildman–Crippen MR) is 39.5 cm³/mol. The van der Waals surface area contributed by atoms with Gasteiger partial charge in [-0.1, -0.05) is 0 Å². The molecule has 0 aliphatic rings. The molecule has 0 fully saturated rings. The van der Waals surface area contributed by atoms with E-state index in [1.165, 1.54) is 0 Å². The largest absolute Gasteiger partial charge is 2.00 e. The average Bonchev–Trinajstić information content (AvgIpc) is 1.25. The molecule has 0 N–H and O–H groups in total. The van der Waals surface area contributed by atoms with Gasteiger partial charge in [0.05, 0.1) is 0 Å². The molecule has 0 amide bonds. The maximum atomic E-state index is 8.48. The predicted octanol–water partition coefficient (Wildman–Crippen LogP) is -8.17. The second kappa shape index (κ2) is 42.7. The molecule has 14 heavy (non-hydrogen) atoms.